The van der Waals surface area contributed by atoms with Gasteiger partial charge in [-0.25, -0.2) is 0 Å². The van der Waals surface area contributed by atoms with Crippen molar-refractivity contribution in [2.75, 3.05) is 0 Å². The molecule has 1 atom stereocenters. The lowest BCUT2D eigenvalue weighted by Gasteiger charge is -2.13. The number of amides is 1. The summed E-state index contributed by atoms with van der Waals surface area (Å²) >= 11 is 1.72. The molecule has 2 rings (SSSR count). The Hall–Kier alpha value is -1.65. The van der Waals surface area contributed by atoms with Gasteiger partial charge in [-0.3, -0.25) is 4.79 Å². The number of rotatable bonds is 5. The largest absolute Gasteiger partial charge is 0.348 e. The fourth-order valence-electron chi connectivity index (χ4n) is 2.15. The fraction of sp³-hybridized carbons (Fsp3) is 0.312. The van der Waals surface area contributed by atoms with Crippen molar-refractivity contribution in [1.82, 2.24) is 5.32 Å². The SMILES string of the molecule is Cc1ccc(C(C)NC(=O)Cc2ccccc2CN)s1. The molecule has 1 unspecified atom stereocenters. The average molecular weight is 288 g/mol. The predicted octanol–water partition coefficient (Wildman–Crippen LogP) is 2.94. The molecular formula is C16H20N2OS. The standard InChI is InChI=1S/C16H20N2OS/c1-11-7-8-15(20-11)12(2)18-16(19)9-13-5-3-4-6-14(13)10-17/h3-8,12H,9-10,17H2,1-2H3,(H,18,19). The molecule has 1 heterocycles. The molecule has 0 aliphatic carbocycles. The molecule has 0 spiro atoms. The van der Waals surface area contributed by atoms with Gasteiger partial charge in [0.2, 0.25) is 5.91 Å². The zero-order valence-electron chi connectivity index (χ0n) is 11.8. The van der Waals surface area contributed by atoms with E-state index < -0.39 is 0 Å². The van der Waals surface area contributed by atoms with Crippen molar-refractivity contribution in [3.8, 4) is 0 Å². The lowest BCUT2D eigenvalue weighted by molar-refractivity contribution is -0.121. The minimum atomic E-state index is 0.0319. The molecular weight excluding hydrogens is 268 g/mol. The zero-order valence-corrected chi connectivity index (χ0v) is 12.7. The molecule has 1 aromatic heterocycles. The van der Waals surface area contributed by atoms with E-state index in [1.54, 1.807) is 11.3 Å². The van der Waals surface area contributed by atoms with Gasteiger partial charge >= 0.3 is 0 Å². The second-order valence-corrected chi connectivity index (χ2v) is 6.21. The topological polar surface area (TPSA) is 55.1 Å². The van der Waals surface area contributed by atoms with Crippen LogP contribution in [0.1, 0.15) is 33.8 Å². The number of hydrogen-bond acceptors (Lipinski definition) is 3. The summed E-state index contributed by atoms with van der Waals surface area (Å²) in [6.45, 7) is 4.54. The van der Waals surface area contributed by atoms with Crippen LogP contribution in [0.2, 0.25) is 0 Å². The molecule has 0 radical (unpaired) electrons. The number of aryl methyl sites for hydroxylation is 1. The highest BCUT2D eigenvalue weighted by Crippen LogP contribution is 2.22. The fourth-order valence-corrected chi connectivity index (χ4v) is 3.03. The van der Waals surface area contributed by atoms with Gasteiger partial charge in [0.1, 0.15) is 0 Å². The Labute approximate surface area is 123 Å². The van der Waals surface area contributed by atoms with E-state index in [1.165, 1.54) is 9.75 Å². The van der Waals surface area contributed by atoms with Crippen LogP contribution in [0, 0.1) is 6.92 Å². The Balaban J connectivity index is 1.98. The lowest BCUT2D eigenvalue weighted by Crippen LogP contribution is -2.28. The molecule has 4 heteroatoms. The molecule has 0 saturated carbocycles. The van der Waals surface area contributed by atoms with Gasteiger partial charge in [-0.15, -0.1) is 11.3 Å². The second kappa shape index (κ2) is 6.68. The minimum absolute atomic E-state index is 0.0319. The third kappa shape index (κ3) is 3.68. The number of carbonyl (C=O) groups is 1. The zero-order chi connectivity index (χ0) is 14.5. The number of hydrogen-bond donors (Lipinski definition) is 2. The van der Waals surface area contributed by atoms with E-state index >= 15 is 0 Å². The van der Waals surface area contributed by atoms with Crippen LogP contribution in [-0.2, 0) is 17.8 Å². The van der Waals surface area contributed by atoms with Crippen LogP contribution in [-0.4, -0.2) is 5.91 Å². The molecule has 1 amide bonds. The van der Waals surface area contributed by atoms with Crippen molar-refractivity contribution in [3.63, 3.8) is 0 Å². The van der Waals surface area contributed by atoms with Gasteiger partial charge in [0.15, 0.2) is 0 Å². The molecule has 106 valence electrons. The van der Waals surface area contributed by atoms with Crippen molar-refractivity contribution < 1.29 is 4.79 Å². The highest BCUT2D eigenvalue weighted by atomic mass is 32.1. The predicted molar refractivity (Wildman–Crippen MR) is 83.7 cm³/mol. The van der Waals surface area contributed by atoms with Crippen molar-refractivity contribution in [2.45, 2.75) is 32.9 Å². The van der Waals surface area contributed by atoms with Gasteiger partial charge in [-0.1, -0.05) is 24.3 Å². The van der Waals surface area contributed by atoms with Crippen molar-refractivity contribution in [1.29, 1.82) is 0 Å². The molecule has 0 aliphatic heterocycles. The number of benzene rings is 1. The molecule has 0 fully saturated rings. The van der Waals surface area contributed by atoms with Crippen LogP contribution < -0.4 is 11.1 Å². The van der Waals surface area contributed by atoms with E-state index in [0.717, 1.165) is 11.1 Å². The highest BCUT2D eigenvalue weighted by Gasteiger charge is 2.12. The number of thiophene rings is 1. The molecule has 1 aromatic carbocycles. The van der Waals surface area contributed by atoms with Gasteiger partial charge in [-0.05, 0) is 37.1 Å². The van der Waals surface area contributed by atoms with E-state index in [-0.39, 0.29) is 11.9 Å². The number of nitrogens with one attached hydrogen (secondary N) is 1. The third-order valence-electron chi connectivity index (χ3n) is 3.25. The van der Waals surface area contributed by atoms with Crippen molar-refractivity contribution >= 4 is 17.2 Å². The Kier molecular flexibility index (Phi) is 4.93. The van der Waals surface area contributed by atoms with Crippen LogP contribution in [0.25, 0.3) is 0 Å². The first-order valence-corrected chi connectivity index (χ1v) is 7.54. The van der Waals surface area contributed by atoms with Crippen molar-refractivity contribution in [3.05, 3.63) is 57.3 Å². The summed E-state index contributed by atoms with van der Waals surface area (Å²) in [5.74, 6) is 0.0319. The molecule has 0 saturated heterocycles. The van der Waals surface area contributed by atoms with Crippen LogP contribution in [0.4, 0.5) is 0 Å². The van der Waals surface area contributed by atoms with Gasteiger partial charge in [0.25, 0.3) is 0 Å². The molecule has 2 aromatic rings. The Morgan fingerprint density at radius 1 is 1.25 bits per heavy atom. The summed E-state index contributed by atoms with van der Waals surface area (Å²) in [6.07, 6.45) is 0.377. The number of carbonyl (C=O) groups excluding carboxylic acids is 1. The molecule has 0 bridgehead atoms. The monoisotopic (exact) mass is 288 g/mol. The first-order chi connectivity index (χ1) is 9.60. The third-order valence-corrected chi connectivity index (χ3v) is 4.44. The van der Waals surface area contributed by atoms with Crippen LogP contribution in [0.5, 0.6) is 0 Å². The molecule has 3 N–H and O–H groups in total. The smallest absolute Gasteiger partial charge is 0.224 e. The van der Waals surface area contributed by atoms with Crippen molar-refractivity contribution in [2.24, 2.45) is 5.73 Å². The van der Waals surface area contributed by atoms with Crippen LogP contribution in [0.3, 0.4) is 0 Å². The maximum Gasteiger partial charge on any atom is 0.224 e. The van der Waals surface area contributed by atoms with Crippen LogP contribution in [0.15, 0.2) is 36.4 Å². The molecule has 3 nitrogen and oxygen atoms in total. The molecule has 20 heavy (non-hydrogen) atoms. The average Bonchev–Trinajstić information content (AvgIpc) is 2.86. The summed E-state index contributed by atoms with van der Waals surface area (Å²) in [6, 6.07) is 12.0. The quantitative estimate of drug-likeness (QED) is 0.889. The normalized spacial score (nSPS) is 12.2. The summed E-state index contributed by atoms with van der Waals surface area (Å²) in [4.78, 5) is 14.6. The first kappa shape index (κ1) is 14.8. The molecule has 0 aliphatic rings. The highest BCUT2D eigenvalue weighted by molar-refractivity contribution is 7.12. The Morgan fingerprint density at radius 3 is 2.55 bits per heavy atom. The first-order valence-electron chi connectivity index (χ1n) is 6.72. The second-order valence-electron chi connectivity index (χ2n) is 4.89. The van der Waals surface area contributed by atoms with Gasteiger partial charge in [0.05, 0.1) is 12.5 Å². The maximum absolute atomic E-state index is 12.1. The van der Waals surface area contributed by atoms with Gasteiger partial charge in [-0.2, -0.15) is 0 Å². The van der Waals surface area contributed by atoms with Gasteiger partial charge < -0.3 is 11.1 Å². The minimum Gasteiger partial charge on any atom is -0.348 e. The van der Waals surface area contributed by atoms with E-state index in [2.05, 4.69) is 24.4 Å². The number of nitrogens with two attached hydrogens (primary N) is 1. The summed E-state index contributed by atoms with van der Waals surface area (Å²) in [7, 11) is 0. The van der Waals surface area contributed by atoms with E-state index in [1.807, 2.05) is 31.2 Å². The van der Waals surface area contributed by atoms with E-state index in [9.17, 15) is 4.79 Å². The lowest BCUT2D eigenvalue weighted by atomic mass is 10.0. The summed E-state index contributed by atoms with van der Waals surface area (Å²) < 4.78 is 0. The van der Waals surface area contributed by atoms with E-state index in [0.29, 0.717) is 13.0 Å². The maximum atomic E-state index is 12.1. The Morgan fingerprint density at radius 2 is 1.95 bits per heavy atom. The summed E-state index contributed by atoms with van der Waals surface area (Å²) in [5.41, 5.74) is 7.72. The van der Waals surface area contributed by atoms with Gasteiger partial charge in [0, 0.05) is 16.3 Å². The van der Waals surface area contributed by atoms with E-state index in [4.69, 9.17) is 5.73 Å². The summed E-state index contributed by atoms with van der Waals surface area (Å²) in [5, 5.41) is 3.04. The Bertz CT molecular complexity index is 592. The van der Waals surface area contributed by atoms with Crippen LogP contribution >= 0.6 is 11.3 Å².